The molecule has 132 valence electrons. The second-order valence-electron chi connectivity index (χ2n) is 6.92. The van der Waals surface area contributed by atoms with Gasteiger partial charge in [0.25, 0.3) is 0 Å². The molecule has 2 aliphatic rings. The molecule has 0 saturated carbocycles. The van der Waals surface area contributed by atoms with Gasteiger partial charge < -0.3 is 10.1 Å². The van der Waals surface area contributed by atoms with Crippen LogP contribution in [0.1, 0.15) is 21.5 Å². The minimum absolute atomic E-state index is 0.266. The van der Waals surface area contributed by atoms with Crippen molar-refractivity contribution in [2.75, 3.05) is 12.4 Å². The highest BCUT2D eigenvalue weighted by molar-refractivity contribution is 6.33. The number of benzene rings is 3. The summed E-state index contributed by atoms with van der Waals surface area (Å²) in [6, 6.07) is 19.5. The largest absolute Gasteiger partial charge is 0.467 e. The Bertz CT molecular complexity index is 1160. The maximum atomic E-state index is 13.6. The molecule has 1 aliphatic heterocycles. The second-order valence-corrected chi connectivity index (χ2v) is 6.92. The van der Waals surface area contributed by atoms with E-state index in [9.17, 15) is 9.59 Å². The summed E-state index contributed by atoms with van der Waals surface area (Å²) in [6.45, 7) is 0. The highest BCUT2D eigenvalue weighted by Gasteiger charge is 2.56. The van der Waals surface area contributed by atoms with Crippen LogP contribution >= 0.6 is 0 Å². The summed E-state index contributed by atoms with van der Waals surface area (Å²) in [6.07, 6.45) is 2.65. The Morgan fingerprint density at radius 1 is 1.00 bits per heavy atom. The molecule has 3 aromatic rings. The molecule has 0 saturated heterocycles. The van der Waals surface area contributed by atoms with Gasteiger partial charge in [-0.1, -0.05) is 54.6 Å². The lowest BCUT2D eigenvalue weighted by atomic mass is 9.82. The second kappa shape index (κ2) is 5.55. The topological polar surface area (TPSA) is 55.4 Å². The number of rotatable bonds is 2. The molecule has 1 heterocycles. The summed E-state index contributed by atoms with van der Waals surface area (Å²) in [5.41, 5.74) is 2.34. The number of anilines is 1. The first-order chi connectivity index (χ1) is 13.1. The van der Waals surface area contributed by atoms with E-state index >= 15 is 0 Å². The number of Topliss-reactive ketones (excluding diaryl/α,β-unsaturated/α-hetero) is 1. The van der Waals surface area contributed by atoms with E-state index < -0.39 is 11.5 Å². The molecule has 1 aliphatic carbocycles. The van der Waals surface area contributed by atoms with E-state index in [-0.39, 0.29) is 5.78 Å². The van der Waals surface area contributed by atoms with Gasteiger partial charge in [-0.25, -0.2) is 4.79 Å². The Labute approximate surface area is 156 Å². The minimum atomic E-state index is -1.54. The number of ketones is 1. The number of fused-ring (bicyclic) bond motifs is 3. The van der Waals surface area contributed by atoms with Crippen LogP contribution in [0.5, 0.6) is 0 Å². The van der Waals surface area contributed by atoms with Crippen LogP contribution < -0.4 is 5.32 Å². The van der Waals surface area contributed by atoms with Crippen molar-refractivity contribution in [2.45, 2.75) is 12.0 Å². The zero-order valence-electron chi connectivity index (χ0n) is 14.8. The standard InChI is InChI=1S/C23H17NO3/c1-27-22(26)23(19-11-10-14-6-4-5-9-17(14)19)21(25)18-12-15-7-2-3-8-16(15)13-20(18)24-23/h2-9,11-13,24H,10H2,1H3. The average Bonchev–Trinajstić information content (AvgIpc) is 3.26. The summed E-state index contributed by atoms with van der Waals surface area (Å²) in [4.78, 5) is 26.5. The Hall–Kier alpha value is -3.40. The normalized spacial score (nSPS) is 20.0. The van der Waals surface area contributed by atoms with Crippen molar-refractivity contribution in [1.29, 1.82) is 0 Å². The first-order valence-corrected chi connectivity index (χ1v) is 8.88. The molecule has 0 radical (unpaired) electrons. The van der Waals surface area contributed by atoms with E-state index in [1.807, 2.05) is 66.7 Å². The van der Waals surface area contributed by atoms with Crippen LogP contribution in [0.2, 0.25) is 0 Å². The van der Waals surface area contributed by atoms with Gasteiger partial charge in [-0.3, -0.25) is 4.79 Å². The molecule has 5 rings (SSSR count). The SMILES string of the molecule is COC(=O)C1(C2=CCc3ccccc32)Nc2cc3ccccc3cc2C1=O. The molecule has 0 bridgehead atoms. The van der Waals surface area contributed by atoms with Gasteiger partial charge in [0.05, 0.1) is 7.11 Å². The summed E-state index contributed by atoms with van der Waals surface area (Å²) < 4.78 is 5.10. The molecule has 1 atom stereocenters. The smallest absolute Gasteiger partial charge is 0.344 e. The van der Waals surface area contributed by atoms with Crippen molar-refractivity contribution >= 4 is 33.8 Å². The zero-order chi connectivity index (χ0) is 18.6. The van der Waals surface area contributed by atoms with Crippen LogP contribution in [-0.2, 0) is 16.0 Å². The van der Waals surface area contributed by atoms with Gasteiger partial charge in [0.2, 0.25) is 11.3 Å². The van der Waals surface area contributed by atoms with Crippen molar-refractivity contribution in [2.24, 2.45) is 0 Å². The fourth-order valence-electron chi connectivity index (χ4n) is 4.23. The number of nitrogens with one attached hydrogen (secondary N) is 1. The molecular weight excluding hydrogens is 338 g/mol. The van der Waals surface area contributed by atoms with Crippen molar-refractivity contribution in [3.8, 4) is 0 Å². The zero-order valence-corrected chi connectivity index (χ0v) is 14.8. The first kappa shape index (κ1) is 15.8. The Kier molecular flexibility index (Phi) is 3.25. The number of allylic oxidation sites excluding steroid dienone is 1. The van der Waals surface area contributed by atoms with E-state index in [4.69, 9.17) is 4.74 Å². The number of esters is 1. The molecule has 1 unspecified atom stereocenters. The van der Waals surface area contributed by atoms with Crippen molar-refractivity contribution in [1.82, 2.24) is 0 Å². The molecule has 0 spiro atoms. The van der Waals surface area contributed by atoms with Gasteiger partial charge in [0, 0.05) is 16.8 Å². The lowest BCUT2D eigenvalue weighted by Gasteiger charge is -2.27. The number of methoxy groups -OCH3 is 1. The number of carbonyl (C=O) groups excluding carboxylic acids is 2. The summed E-state index contributed by atoms with van der Waals surface area (Å²) in [5.74, 6) is -0.853. The molecular formula is C23H17NO3. The predicted molar refractivity (Wildman–Crippen MR) is 105 cm³/mol. The molecule has 4 nitrogen and oxygen atoms in total. The van der Waals surface area contributed by atoms with Crippen LogP contribution in [0.15, 0.2) is 66.7 Å². The lowest BCUT2D eigenvalue weighted by molar-refractivity contribution is -0.142. The van der Waals surface area contributed by atoms with Crippen molar-refractivity contribution < 1.29 is 14.3 Å². The number of ether oxygens (including phenoxy) is 1. The van der Waals surface area contributed by atoms with E-state index in [0.717, 1.165) is 21.9 Å². The fourth-order valence-corrected chi connectivity index (χ4v) is 4.23. The molecule has 4 heteroatoms. The lowest BCUT2D eigenvalue weighted by Crippen LogP contribution is -2.51. The maximum absolute atomic E-state index is 13.6. The van der Waals surface area contributed by atoms with Gasteiger partial charge in [-0.15, -0.1) is 0 Å². The van der Waals surface area contributed by atoms with Crippen molar-refractivity contribution in [3.05, 3.63) is 83.4 Å². The molecule has 3 aromatic carbocycles. The van der Waals surface area contributed by atoms with Crippen LogP contribution in [0.25, 0.3) is 16.3 Å². The third-order valence-electron chi connectivity index (χ3n) is 5.52. The van der Waals surface area contributed by atoms with E-state index in [2.05, 4.69) is 5.32 Å². The van der Waals surface area contributed by atoms with Crippen LogP contribution in [0.3, 0.4) is 0 Å². The summed E-state index contributed by atoms with van der Waals surface area (Å²) >= 11 is 0. The number of hydrogen-bond donors (Lipinski definition) is 1. The predicted octanol–water partition coefficient (Wildman–Crippen LogP) is 4.00. The van der Waals surface area contributed by atoms with Crippen LogP contribution in [0, 0.1) is 0 Å². The van der Waals surface area contributed by atoms with Crippen molar-refractivity contribution in [3.63, 3.8) is 0 Å². The summed E-state index contributed by atoms with van der Waals surface area (Å²) in [5, 5.41) is 5.21. The van der Waals surface area contributed by atoms with E-state index in [1.54, 1.807) is 0 Å². The fraction of sp³-hybridized carbons (Fsp3) is 0.130. The molecule has 0 fully saturated rings. The maximum Gasteiger partial charge on any atom is 0.344 e. The van der Waals surface area contributed by atoms with E-state index in [1.165, 1.54) is 7.11 Å². The monoisotopic (exact) mass is 355 g/mol. The molecule has 1 N–H and O–H groups in total. The quantitative estimate of drug-likeness (QED) is 0.558. The van der Waals surface area contributed by atoms with Gasteiger partial charge >= 0.3 is 5.97 Å². The van der Waals surface area contributed by atoms with Gasteiger partial charge in [-0.2, -0.15) is 0 Å². The molecule has 27 heavy (non-hydrogen) atoms. The van der Waals surface area contributed by atoms with Crippen LogP contribution in [0.4, 0.5) is 5.69 Å². The first-order valence-electron chi connectivity index (χ1n) is 8.88. The van der Waals surface area contributed by atoms with E-state index in [0.29, 0.717) is 23.2 Å². The van der Waals surface area contributed by atoms with Gasteiger partial charge in [0.15, 0.2) is 0 Å². The molecule has 0 amide bonds. The highest BCUT2D eigenvalue weighted by atomic mass is 16.5. The average molecular weight is 355 g/mol. The Balaban J connectivity index is 1.73. The Morgan fingerprint density at radius 3 is 2.48 bits per heavy atom. The Morgan fingerprint density at radius 2 is 1.70 bits per heavy atom. The van der Waals surface area contributed by atoms with Crippen LogP contribution in [-0.4, -0.2) is 24.4 Å². The molecule has 0 aromatic heterocycles. The highest BCUT2D eigenvalue weighted by Crippen LogP contribution is 2.45. The number of carbonyl (C=O) groups is 2. The number of hydrogen-bond acceptors (Lipinski definition) is 4. The third kappa shape index (κ3) is 2.04. The third-order valence-corrected chi connectivity index (χ3v) is 5.52. The van der Waals surface area contributed by atoms with Gasteiger partial charge in [-0.05, 0) is 40.5 Å². The minimum Gasteiger partial charge on any atom is -0.467 e. The summed E-state index contributed by atoms with van der Waals surface area (Å²) in [7, 11) is 1.32. The van der Waals surface area contributed by atoms with Gasteiger partial charge in [0.1, 0.15) is 0 Å².